The van der Waals surface area contributed by atoms with E-state index in [9.17, 15) is 4.79 Å². The second kappa shape index (κ2) is 7.17. The molecule has 1 aromatic rings. The van der Waals surface area contributed by atoms with Gasteiger partial charge in [-0.1, -0.05) is 31.2 Å². The van der Waals surface area contributed by atoms with Crippen molar-refractivity contribution in [3.8, 4) is 0 Å². The second-order valence-electron chi connectivity index (χ2n) is 4.86. The first kappa shape index (κ1) is 14.7. The third-order valence-electron chi connectivity index (χ3n) is 3.26. The van der Waals surface area contributed by atoms with Gasteiger partial charge in [0.25, 0.3) is 0 Å². The zero-order valence-electron chi connectivity index (χ0n) is 11.5. The molecule has 0 aliphatic heterocycles. The first-order chi connectivity index (χ1) is 8.54. The lowest BCUT2D eigenvalue weighted by Gasteiger charge is -2.24. The molecular weight excluding hydrogens is 226 g/mol. The molecule has 100 valence electrons. The Morgan fingerprint density at radius 1 is 1.28 bits per heavy atom. The lowest BCUT2D eigenvalue weighted by molar-refractivity contribution is -0.137. The van der Waals surface area contributed by atoms with Gasteiger partial charge in [0.2, 0.25) is 0 Å². The Kier molecular flexibility index (Phi) is 5.86. The molecule has 0 spiro atoms. The van der Waals surface area contributed by atoms with E-state index in [1.807, 2.05) is 14.1 Å². The maximum Gasteiger partial charge on any atom is 0.303 e. The van der Waals surface area contributed by atoms with Gasteiger partial charge >= 0.3 is 5.97 Å². The predicted octanol–water partition coefficient (Wildman–Crippen LogP) is 3.11. The number of aliphatic carboxylic acids is 1. The Morgan fingerprint density at radius 2 is 1.89 bits per heavy atom. The van der Waals surface area contributed by atoms with Crippen LogP contribution in [0.2, 0.25) is 0 Å². The van der Waals surface area contributed by atoms with Crippen molar-refractivity contribution >= 4 is 5.97 Å². The van der Waals surface area contributed by atoms with Crippen molar-refractivity contribution in [3.05, 3.63) is 35.4 Å². The van der Waals surface area contributed by atoms with Gasteiger partial charge in [0.1, 0.15) is 0 Å². The zero-order valence-corrected chi connectivity index (χ0v) is 11.5. The van der Waals surface area contributed by atoms with Crippen molar-refractivity contribution in [1.82, 2.24) is 4.90 Å². The number of rotatable bonds is 7. The summed E-state index contributed by atoms with van der Waals surface area (Å²) in [5.41, 5.74) is 2.60. The molecule has 18 heavy (non-hydrogen) atoms. The highest BCUT2D eigenvalue weighted by atomic mass is 16.4. The van der Waals surface area contributed by atoms with Gasteiger partial charge in [0, 0.05) is 12.5 Å². The molecule has 0 saturated carbocycles. The first-order valence-electron chi connectivity index (χ1n) is 6.51. The number of carboxylic acids is 1. The molecule has 0 radical (unpaired) electrons. The molecule has 1 N–H and O–H groups in total. The van der Waals surface area contributed by atoms with Crippen molar-refractivity contribution in [2.75, 3.05) is 14.1 Å². The Balaban J connectivity index is 2.68. The number of carbonyl (C=O) groups is 1. The molecular formula is C15H23NO2. The SMILES string of the molecule is CCc1ccc(C(CCCC(=O)O)N(C)C)cc1. The number of carboxylic acid groups (broad SMARTS) is 1. The highest BCUT2D eigenvalue weighted by molar-refractivity contribution is 5.66. The molecule has 0 amide bonds. The fraction of sp³-hybridized carbons (Fsp3) is 0.533. The van der Waals surface area contributed by atoms with Gasteiger partial charge in [0.15, 0.2) is 0 Å². The van der Waals surface area contributed by atoms with Crippen LogP contribution in [0.15, 0.2) is 24.3 Å². The average Bonchev–Trinajstić information content (AvgIpc) is 2.34. The summed E-state index contributed by atoms with van der Waals surface area (Å²) in [7, 11) is 4.08. The molecule has 0 aliphatic rings. The van der Waals surface area contributed by atoms with Crippen LogP contribution in [0, 0.1) is 0 Å². The minimum Gasteiger partial charge on any atom is -0.481 e. The standard InChI is InChI=1S/C15H23NO2/c1-4-12-8-10-13(11-9-12)14(16(2)3)6-5-7-15(17)18/h8-11,14H,4-7H2,1-3H3,(H,17,18). The van der Waals surface area contributed by atoms with Gasteiger partial charge in [-0.15, -0.1) is 0 Å². The van der Waals surface area contributed by atoms with Crippen LogP contribution in [-0.4, -0.2) is 30.1 Å². The summed E-state index contributed by atoms with van der Waals surface area (Å²) in [4.78, 5) is 12.7. The van der Waals surface area contributed by atoms with E-state index in [1.165, 1.54) is 11.1 Å². The lowest BCUT2D eigenvalue weighted by Crippen LogP contribution is -2.20. The molecule has 3 heteroatoms. The van der Waals surface area contributed by atoms with Crippen molar-refractivity contribution in [2.24, 2.45) is 0 Å². The summed E-state index contributed by atoms with van der Waals surface area (Å²) in [6.45, 7) is 2.14. The van der Waals surface area contributed by atoms with Crippen molar-refractivity contribution in [1.29, 1.82) is 0 Å². The summed E-state index contributed by atoms with van der Waals surface area (Å²) >= 11 is 0. The number of benzene rings is 1. The van der Waals surface area contributed by atoms with Crippen LogP contribution >= 0.6 is 0 Å². The Morgan fingerprint density at radius 3 is 2.33 bits per heavy atom. The highest BCUT2D eigenvalue weighted by Crippen LogP contribution is 2.24. The maximum absolute atomic E-state index is 10.6. The highest BCUT2D eigenvalue weighted by Gasteiger charge is 2.14. The fourth-order valence-electron chi connectivity index (χ4n) is 2.15. The monoisotopic (exact) mass is 249 g/mol. The van der Waals surface area contributed by atoms with E-state index in [1.54, 1.807) is 0 Å². The van der Waals surface area contributed by atoms with Crippen molar-refractivity contribution in [2.45, 2.75) is 38.6 Å². The van der Waals surface area contributed by atoms with Gasteiger partial charge < -0.3 is 10.0 Å². The predicted molar refractivity (Wildman–Crippen MR) is 73.7 cm³/mol. The second-order valence-corrected chi connectivity index (χ2v) is 4.86. The Labute approximate surface area is 109 Å². The molecule has 0 aliphatic carbocycles. The number of nitrogens with zero attached hydrogens (tertiary/aromatic N) is 1. The van der Waals surface area contributed by atoms with Crippen LogP contribution in [-0.2, 0) is 11.2 Å². The van der Waals surface area contributed by atoms with Crippen LogP contribution in [0.25, 0.3) is 0 Å². The van der Waals surface area contributed by atoms with Crippen molar-refractivity contribution in [3.63, 3.8) is 0 Å². The summed E-state index contributed by atoms with van der Waals surface area (Å²) < 4.78 is 0. The Bertz CT molecular complexity index is 371. The van der Waals surface area contributed by atoms with Gasteiger partial charge in [-0.2, -0.15) is 0 Å². The number of hydrogen-bond donors (Lipinski definition) is 1. The molecule has 1 aromatic carbocycles. The molecule has 0 aromatic heterocycles. The van der Waals surface area contributed by atoms with E-state index in [-0.39, 0.29) is 6.42 Å². The van der Waals surface area contributed by atoms with Crippen LogP contribution in [0.1, 0.15) is 43.4 Å². The third kappa shape index (κ3) is 4.49. The van der Waals surface area contributed by atoms with Gasteiger partial charge in [-0.05, 0) is 44.5 Å². The van der Waals surface area contributed by atoms with Crippen LogP contribution in [0.3, 0.4) is 0 Å². The minimum absolute atomic E-state index is 0.247. The summed E-state index contributed by atoms with van der Waals surface area (Å²) in [6, 6.07) is 8.93. The molecule has 0 saturated heterocycles. The van der Waals surface area contributed by atoms with Gasteiger partial charge in [-0.25, -0.2) is 0 Å². The topological polar surface area (TPSA) is 40.5 Å². The smallest absolute Gasteiger partial charge is 0.303 e. The number of hydrogen-bond acceptors (Lipinski definition) is 2. The summed E-state index contributed by atoms with van der Waals surface area (Å²) in [5.74, 6) is -0.714. The van der Waals surface area contributed by atoms with Crippen LogP contribution < -0.4 is 0 Å². The van der Waals surface area contributed by atoms with E-state index in [0.717, 1.165) is 12.8 Å². The fourth-order valence-corrected chi connectivity index (χ4v) is 2.15. The van der Waals surface area contributed by atoms with E-state index in [0.29, 0.717) is 12.5 Å². The van der Waals surface area contributed by atoms with E-state index in [4.69, 9.17) is 5.11 Å². The Hall–Kier alpha value is -1.35. The first-order valence-corrected chi connectivity index (χ1v) is 6.51. The normalized spacial score (nSPS) is 12.7. The van der Waals surface area contributed by atoms with E-state index >= 15 is 0 Å². The van der Waals surface area contributed by atoms with Crippen LogP contribution in [0.4, 0.5) is 0 Å². The number of aryl methyl sites for hydroxylation is 1. The molecule has 1 unspecified atom stereocenters. The van der Waals surface area contributed by atoms with E-state index < -0.39 is 5.97 Å². The molecule has 1 rings (SSSR count). The lowest BCUT2D eigenvalue weighted by atomic mass is 9.98. The molecule has 0 heterocycles. The quantitative estimate of drug-likeness (QED) is 0.807. The minimum atomic E-state index is -0.714. The van der Waals surface area contributed by atoms with Crippen molar-refractivity contribution < 1.29 is 9.90 Å². The molecule has 0 bridgehead atoms. The summed E-state index contributed by atoms with van der Waals surface area (Å²) in [6.07, 6.45) is 2.89. The molecule has 1 atom stereocenters. The molecule has 0 fully saturated rings. The zero-order chi connectivity index (χ0) is 13.5. The van der Waals surface area contributed by atoms with E-state index in [2.05, 4.69) is 36.1 Å². The van der Waals surface area contributed by atoms with Crippen LogP contribution in [0.5, 0.6) is 0 Å². The third-order valence-corrected chi connectivity index (χ3v) is 3.26. The van der Waals surface area contributed by atoms with Gasteiger partial charge in [-0.3, -0.25) is 4.79 Å². The van der Waals surface area contributed by atoms with Gasteiger partial charge in [0.05, 0.1) is 0 Å². The molecule has 3 nitrogen and oxygen atoms in total. The average molecular weight is 249 g/mol. The summed E-state index contributed by atoms with van der Waals surface area (Å²) in [5, 5.41) is 8.69. The largest absolute Gasteiger partial charge is 0.481 e. The maximum atomic E-state index is 10.6.